The molecule has 142 valence electrons. The van der Waals surface area contributed by atoms with E-state index in [-0.39, 0.29) is 6.04 Å². The van der Waals surface area contributed by atoms with Crippen molar-refractivity contribution in [1.29, 1.82) is 0 Å². The molecule has 0 spiro atoms. The van der Waals surface area contributed by atoms with Gasteiger partial charge in [-0.05, 0) is 44.8 Å². The molecule has 1 aromatic heterocycles. The predicted octanol–water partition coefficient (Wildman–Crippen LogP) is 1.79. The fraction of sp³-hybridized carbons (Fsp3) is 0.474. The maximum Gasteiger partial charge on any atom is 0.191 e. The molecule has 2 N–H and O–H groups in total. The monoisotopic (exact) mass is 358 g/mol. The van der Waals surface area contributed by atoms with Crippen molar-refractivity contribution in [3.63, 3.8) is 0 Å². The van der Waals surface area contributed by atoms with Gasteiger partial charge in [0.1, 0.15) is 5.75 Å². The Morgan fingerprint density at radius 3 is 2.50 bits per heavy atom. The Bertz CT molecular complexity index is 692. The van der Waals surface area contributed by atoms with Crippen molar-refractivity contribution >= 4 is 5.96 Å². The number of ether oxygens (including phenoxy) is 1. The number of guanidine groups is 1. The molecule has 0 saturated carbocycles. The largest absolute Gasteiger partial charge is 0.497 e. The first kappa shape index (κ1) is 19.8. The van der Waals surface area contributed by atoms with Crippen LogP contribution in [-0.4, -0.2) is 54.9 Å². The molecule has 0 amide bonds. The number of hydrogen-bond donors (Lipinski definition) is 2. The highest BCUT2D eigenvalue weighted by atomic mass is 16.5. The van der Waals surface area contributed by atoms with Crippen LogP contribution in [0.15, 0.2) is 41.5 Å². The number of methoxy groups -OCH3 is 1. The molecule has 0 bridgehead atoms. The van der Waals surface area contributed by atoms with E-state index in [1.54, 1.807) is 13.3 Å². The average Bonchev–Trinajstić information content (AvgIpc) is 3.05. The Kier molecular flexibility index (Phi) is 7.47. The SMILES string of the molecule is CCNC(=NCc1ccnn1C)NCC(c1ccc(OC)cc1)N(C)C. The van der Waals surface area contributed by atoms with Gasteiger partial charge in [0, 0.05) is 26.3 Å². The molecular weight excluding hydrogens is 328 g/mol. The van der Waals surface area contributed by atoms with Gasteiger partial charge in [-0.2, -0.15) is 5.10 Å². The van der Waals surface area contributed by atoms with E-state index in [2.05, 4.69) is 58.8 Å². The number of nitrogens with zero attached hydrogens (tertiary/aromatic N) is 4. The van der Waals surface area contributed by atoms with Crippen LogP contribution in [0.1, 0.15) is 24.2 Å². The van der Waals surface area contributed by atoms with Gasteiger partial charge in [-0.25, -0.2) is 4.99 Å². The topological polar surface area (TPSA) is 66.7 Å². The summed E-state index contributed by atoms with van der Waals surface area (Å²) in [6, 6.07) is 10.4. The highest BCUT2D eigenvalue weighted by molar-refractivity contribution is 5.79. The van der Waals surface area contributed by atoms with E-state index in [1.165, 1.54) is 5.56 Å². The quantitative estimate of drug-likeness (QED) is 0.556. The molecule has 1 unspecified atom stereocenters. The average molecular weight is 358 g/mol. The van der Waals surface area contributed by atoms with Crippen molar-refractivity contribution < 1.29 is 4.74 Å². The van der Waals surface area contributed by atoms with Gasteiger partial charge in [-0.15, -0.1) is 0 Å². The third-order valence-corrected chi connectivity index (χ3v) is 4.25. The predicted molar refractivity (Wildman–Crippen MR) is 105 cm³/mol. The van der Waals surface area contributed by atoms with Gasteiger partial charge >= 0.3 is 0 Å². The molecule has 0 saturated heterocycles. The summed E-state index contributed by atoms with van der Waals surface area (Å²) < 4.78 is 7.09. The first-order valence-corrected chi connectivity index (χ1v) is 8.84. The Morgan fingerprint density at radius 2 is 1.96 bits per heavy atom. The van der Waals surface area contributed by atoms with Gasteiger partial charge in [0.05, 0.1) is 25.4 Å². The molecule has 2 aromatic rings. The fourth-order valence-corrected chi connectivity index (χ4v) is 2.68. The van der Waals surface area contributed by atoms with Gasteiger partial charge in [-0.3, -0.25) is 4.68 Å². The van der Waals surface area contributed by atoms with Crippen molar-refractivity contribution in [1.82, 2.24) is 25.3 Å². The van der Waals surface area contributed by atoms with E-state index in [9.17, 15) is 0 Å². The summed E-state index contributed by atoms with van der Waals surface area (Å²) in [5.74, 6) is 1.67. The second-order valence-corrected chi connectivity index (χ2v) is 6.27. The van der Waals surface area contributed by atoms with Crippen LogP contribution in [0.2, 0.25) is 0 Å². The maximum atomic E-state index is 5.25. The van der Waals surface area contributed by atoms with Gasteiger partial charge in [0.15, 0.2) is 5.96 Å². The number of nitrogens with one attached hydrogen (secondary N) is 2. The highest BCUT2D eigenvalue weighted by Gasteiger charge is 2.15. The van der Waals surface area contributed by atoms with Gasteiger partial charge < -0.3 is 20.3 Å². The summed E-state index contributed by atoms with van der Waals surface area (Å²) in [6.07, 6.45) is 1.79. The number of aryl methyl sites for hydroxylation is 1. The number of aliphatic imine (C=N–C) groups is 1. The molecule has 0 aliphatic heterocycles. The van der Waals surface area contributed by atoms with Crippen molar-refractivity contribution in [2.45, 2.75) is 19.5 Å². The molecule has 0 radical (unpaired) electrons. The maximum absolute atomic E-state index is 5.25. The summed E-state index contributed by atoms with van der Waals surface area (Å²) in [5, 5.41) is 10.9. The molecule has 7 nitrogen and oxygen atoms in total. The summed E-state index contributed by atoms with van der Waals surface area (Å²) in [4.78, 5) is 6.86. The standard InChI is InChI=1S/C19H30N6O/c1-6-20-19(21-13-16-11-12-23-25(16)4)22-14-18(24(2)3)15-7-9-17(26-5)10-8-15/h7-12,18H,6,13-14H2,1-5H3,(H2,20,21,22). The fourth-order valence-electron chi connectivity index (χ4n) is 2.68. The van der Waals surface area contributed by atoms with Crippen LogP contribution in [-0.2, 0) is 13.6 Å². The zero-order chi connectivity index (χ0) is 18.9. The first-order chi connectivity index (χ1) is 12.5. The third-order valence-electron chi connectivity index (χ3n) is 4.25. The molecule has 0 aliphatic rings. The van der Waals surface area contributed by atoms with E-state index in [0.717, 1.165) is 30.5 Å². The van der Waals surface area contributed by atoms with Gasteiger partial charge in [-0.1, -0.05) is 12.1 Å². The van der Waals surface area contributed by atoms with Crippen molar-refractivity contribution in [2.75, 3.05) is 34.3 Å². The Hall–Kier alpha value is -2.54. The van der Waals surface area contributed by atoms with E-state index in [0.29, 0.717) is 6.54 Å². The van der Waals surface area contributed by atoms with Crippen LogP contribution < -0.4 is 15.4 Å². The number of aromatic nitrogens is 2. The van der Waals surface area contributed by atoms with Crippen molar-refractivity contribution in [3.05, 3.63) is 47.8 Å². The molecule has 2 rings (SSSR count). The highest BCUT2D eigenvalue weighted by Crippen LogP contribution is 2.20. The second-order valence-electron chi connectivity index (χ2n) is 6.27. The van der Waals surface area contributed by atoms with Crippen molar-refractivity contribution in [3.8, 4) is 5.75 Å². The minimum absolute atomic E-state index is 0.224. The van der Waals surface area contributed by atoms with Crippen LogP contribution in [0.4, 0.5) is 0 Å². The molecule has 1 atom stereocenters. The molecule has 0 fully saturated rings. The number of hydrogen-bond acceptors (Lipinski definition) is 4. The van der Waals surface area contributed by atoms with Crippen LogP contribution in [0, 0.1) is 0 Å². The Balaban J connectivity index is 2.04. The minimum Gasteiger partial charge on any atom is -0.497 e. The lowest BCUT2D eigenvalue weighted by Crippen LogP contribution is -2.41. The third kappa shape index (κ3) is 5.49. The second kappa shape index (κ2) is 9.82. The normalized spacial score (nSPS) is 12.9. The first-order valence-electron chi connectivity index (χ1n) is 8.84. The summed E-state index contributed by atoms with van der Waals surface area (Å²) in [5.41, 5.74) is 2.30. The van der Waals surface area contributed by atoms with Crippen LogP contribution in [0.5, 0.6) is 5.75 Å². The summed E-state index contributed by atoms with van der Waals surface area (Å²) in [6.45, 7) is 4.21. The smallest absolute Gasteiger partial charge is 0.191 e. The van der Waals surface area contributed by atoms with Gasteiger partial charge in [0.25, 0.3) is 0 Å². The van der Waals surface area contributed by atoms with E-state index in [1.807, 2.05) is 29.9 Å². The Morgan fingerprint density at radius 1 is 1.23 bits per heavy atom. The number of rotatable bonds is 8. The molecule has 7 heteroatoms. The molecule has 1 aromatic carbocycles. The van der Waals surface area contributed by atoms with Gasteiger partial charge in [0.2, 0.25) is 0 Å². The van der Waals surface area contributed by atoms with E-state index >= 15 is 0 Å². The zero-order valence-corrected chi connectivity index (χ0v) is 16.4. The Labute approximate surface area is 156 Å². The molecular formula is C19H30N6O. The number of likely N-dealkylation sites (N-methyl/N-ethyl adjacent to an activating group) is 1. The van der Waals surface area contributed by atoms with Crippen LogP contribution >= 0.6 is 0 Å². The summed E-state index contributed by atoms with van der Waals surface area (Å²) >= 11 is 0. The van der Waals surface area contributed by atoms with E-state index < -0.39 is 0 Å². The summed E-state index contributed by atoms with van der Waals surface area (Å²) in [7, 11) is 7.77. The lowest BCUT2D eigenvalue weighted by Gasteiger charge is -2.26. The molecule has 1 heterocycles. The zero-order valence-electron chi connectivity index (χ0n) is 16.4. The van der Waals surface area contributed by atoms with E-state index in [4.69, 9.17) is 4.74 Å². The van der Waals surface area contributed by atoms with Crippen LogP contribution in [0.25, 0.3) is 0 Å². The van der Waals surface area contributed by atoms with Crippen LogP contribution in [0.3, 0.4) is 0 Å². The number of benzene rings is 1. The molecule has 0 aliphatic carbocycles. The minimum atomic E-state index is 0.224. The lowest BCUT2D eigenvalue weighted by atomic mass is 10.1. The molecule has 26 heavy (non-hydrogen) atoms. The lowest BCUT2D eigenvalue weighted by molar-refractivity contribution is 0.298. The van der Waals surface area contributed by atoms with Crippen molar-refractivity contribution in [2.24, 2.45) is 12.0 Å².